The Kier molecular flexibility index (Phi) is 7.59. The summed E-state index contributed by atoms with van der Waals surface area (Å²) in [5, 5.41) is 12.1. The number of amides is 1. The zero-order valence-electron chi connectivity index (χ0n) is 19.7. The van der Waals surface area contributed by atoms with Crippen LogP contribution in [0.5, 0.6) is 0 Å². The summed E-state index contributed by atoms with van der Waals surface area (Å²) in [6.07, 6.45) is -1.05. The lowest BCUT2D eigenvalue weighted by molar-refractivity contribution is -0.139. The van der Waals surface area contributed by atoms with Gasteiger partial charge >= 0.3 is 19.7 Å². The van der Waals surface area contributed by atoms with Gasteiger partial charge in [0.1, 0.15) is 12.6 Å². The van der Waals surface area contributed by atoms with Gasteiger partial charge in [-0.05, 0) is 39.3 Å². The smallest absolute Gasteiger partial charge is 0.407 e. The van der Waals surface area contributed by atoms with Crippen LogP contribution in [0.4, 0.5) is 4.79 Å². The van der Waals surface area contributed by atoms with Gasteiger partial charge in [-0.25, -0.2) is 9.59 Å². The molecule has 4 N–H and O–H groups in total. The summed E-state index contributed by atoms with van der Waals surface area (Å²) in [7, 11) is -4.14. The van der Waals surface area contributed by atoms with Crippen molar-refractivity contribution in [3.8, 4) is 11.1 Å². The maximum atomic E-state index is 12.5. The molecule has 36 heavy (non-hydrogen) atoms. The lowest BCUT2D eigenvalue weighted by Gasteiger charge is -2.18. The van der Waals surface area contributed by atoms with Crippen molar-refractivity contribution >= 4 is 19.7 Å². The Morgan fingerprint density at radius 1 is 0.944 bits per heavy atom. The van der Waals surface area contributed by atoms with Gasteiger partial charge in [0.2, 0.25) is 0 Å². The molecule has 3 aromatic rings. The van der Waals surface area contributed by atoms with E-state index in [9.17, 15) is 29.0 Å². The Morgan fingerprint density at radius 3 is 2.03 bits per heavy atom. The van der Waals surface area contributed by atoms with Crippen LogP contribution >= 0.6 is 7.60 Å². The molecule has 0 saturated heterocycles. The predicted molar refractivity (Wildman–Crippen MR) is 135 cm³/mol. The van der Waals surface area contributed by atoms with Gasteiger partial charge in [0.05, 0.1) is 6.16 Å². The topological polar surface area (TPSA) is 133 Å². The second-order valence-corrected chi connectivity index (χ2v) is 10.7. The van der Waals surface area contributed by atoms with Gasteiger partial charge in [0.15, 0.2) is 0 Å². The van der Waals surface area contributed by atoms with E-state index in [1.165, 1.54) is 0 Å². The summed E-state index contributed by atoms with van der Waals surface area (Å²) in [6.45, 7) is 1.80. The molecule has 1 aliphatic carbocycles. The van der Waals surface area contributed by atoms with Crippen LogP contribution in [0.2, 0.25) is 0 Å². The number of hydrogen-bond donors (Lipinski definition) is 4. The molecule has 8 nitrogen and oxygen atoms in total. The molecule has 0 aromatic heterocycles. The molecule has 1 amide bonds. The maximum Gasteiger partial charge on any atom is 0.407 e. The van der Waals surface area contributed by atoms with Crippen molar-refractivity contribution < 1.29 is 33.8 Å². The zero-order chi connectivity index (χ0) is 25.9. The van der Waals surface area contributed by atoms with Crippen molar-refractivity contribution in [3.63, 3.8) is 0 Å². The molecular weight excluding hydrogens is 481 g/mol. The Balaban J connectivity index is 1.37. The van der Waals surface area contributed by atoms with Gasteiger partial charge in [-0.3, -0.25) is 4.57 Å². The van der Waals surface area contributed by atoms with Gasteiger partial charge < -0.3 is 24.9 Å². The Bertz CT molecular complexity index is 1260. The molecule has 0 aliphatic heterocycles. The number of carbonyl (C=O) groups excluding carboxylic acids is 1. The molecule has 0 spiro atoms. The van der Waals surface area contributed by atoms with Gasteiger partial charge in [0.25, 0.3) is 0 Å². The second kappa shape index (κ2) is 10.7. The molecule has 0 bridgehead atoms. The molecular formula is C27H28NO7P. The minimum atomic E-state index is -4.14. The number of benzene rings is 3. The lowest BCUT2D eigenvalue weighted by atomic mass is 9.98. The fraction of sp³-hybridized carbons (Fsp3) is 0.259. The number of fused-ring (bicyclic) bond motifs is 3. The predicted octanol–water partition coefficient (Wildman–Crippen LogP) is 4.50. The summed E-state index contributed by atoms with van der Waals surface area (Å²) in [5.74, 6) is -1.68. The fourth-order valence-corrected chi connectivity index (χ4v) is 5.59. The van der Waals surface area contributed by atoms with E-state index < -0.39 is 25.7 Å². The number of nitrogens with one attached hydrogen (secondary N) is 1. The highest BCUT2D eigenvalue weighted by Gasteiger charge is 2.30. The summed E-state index contributed by atoms with van der Waals surface area (Å²) in [5.41, 5.74) is 5.73. The highest BCUT2D eigenvalue weighted by molar-refractivity contribution is 7.51. The fourth-order valence-electron chi connectivity index (χ4n) is 4.66. The van der Waals surface area contributed by atoms with Crippen LogP contribution in [0.3, 0.4) is 0 Å². The van der Waals surface area contributed by atoms with E-state index in [4.69, 9.17) is 4.74 Å². The Labute approximate surface area is 209 Å². The first-order chi connectivity index (χ1) is 17.1. The number of carboxylic acids is 1. The lowest BCUT2D eigenvalue weighted by Crippen LogP contribution is -2.42. The SMILES string of the molecule is CC(CP(=O)(O)O)c1ccc(C[C@H](NC(=O)OCC2c3ccccc3-c3ccccc32)C(=O)O)cc1. The van der Waals surface area contributed by atoms with Crippen LogP contribution in [0, 0.1) is 0 Å². The molecule has 0 radical (unpaired) electrons. The average molecular weight is 509 g/mol. The van der Waals surface area contributed by atoms with Crippen LogP contribution in [0.15, 0.2) is 72.8 Å². The number of carbonyl (C=O) groups is 2. The van der Waals surface area contributed by atoms with Crippen molar-refractivity contribution in [2.75, 3.05) is 12.8 Å². The van der Waals surface area contributed by atoms with Crippen molar-refractivity contribution in [2.45, 2.75) is 31.2 Å². The number of carboxylic acid groups (broad SMARTS) is 1. The third-order valence-electron chi connectivity index (χ3n) is 6.43. The van der Waals surface area contributed by atoms with Crippen molar-refractivity contribution in [1.29, 1.82) is 0 Å². The van der Waals surface area contributed by atoms with Crippen LogP contribution in [-0.4, -0.2) is 45.8 Å². The van der Waals surface area contributed by atoms with Crippen LogP contribution in [0.25, 0.3) is 11.1 Å². The van der Waals surface area contributed by atoms with E-state index in [-0.39, 0.29) is 31.0 Å². The van der Waals surface area contributed by atoms with Crippen molar-refractivity contribution in [1.82, 2.24) is 5.32 Å². The highest BCUT2D eigenvalue weighted by atomic mass is 31.2. The Hall–Kier alpha value is -3.45. The van der Waals surface area contributed by atoms with E-state index in [2.05, 4.69) is 5.32 Å². The van der Waals surface area contributed by atoms with Crippen molar-refractivity contribution in [2.24, 2.45) is 0 Å². The van der Waals surface area contributed by atoms with Crippen molar-refractivity contribution in [3.05, 3.63) is 95.1 Å². The first-order valence-electron chi connectivity index (χ1n) is 11.6. The molecule has 1 aliphatic rings. The summed E-state index contributed by atoms with van der Waals surface area (Å²) >= 11 is 0. The molecule has 188 valence electrons. The molecule has 0 heterocycles. The number of rotatable bonds is 9. The van der Waals surface area contributed by atoms with Crippen LogP contribution in [0.1, 0.15) is 41.0 Å². The standard InChI is InChI=1S/C27H28NO7P/c1-17(16-36(32,33)34)19-12-10-18(11-13-19)14-25(26(29)30)28-27(31)35-15-24-22-8-4-2-6-20(22)21-7-3-5-9-23(21)24/h2-13,17,24-25H,14-16H2,1H3,(H,28,31)(H,29,30)(H2,32,33,34)/t17?,25-/m0/s1. The largest absolute Gasteiger partial charge is 0.480 e. The zero-order valence-corrected chi connectivity index (χ0v) is 20.6. The third kappa shape index (κ3) is 6.02. The van der Waals surface area contributed by atoms with E-state index in [0.29, 0.717) is 5.56 Å². The summed E-state index contributed by atoms with van der Waals surface area (Å²) < 4.78 is 16.7. The highest BCUT2D eigenvalue weighted by Crippen LogP contribution is 2.44. The van der Waals surface area contributed by atoms with E-state index in [1.807, 2.05) is 48.5 Å². The van der Waals surface area contributed by atoms with Gasteiger partial charge in [-0.15, -0.1) is 0 Å². The normalized spacial score (nSPS) is 14.4. The van der Waals surface area contributed by atoms with E-state index >= 15 is 0 Å². The third-order valence-corrected chi connectivity index (χ3v) is 7.46. The molecule has 9 heteroatoms. The molecule has 4 rings (SSSR count). The molecule has 2 atom stereocenters. The average Bonchev–Trinajstić information content (AvgIpc) is 3.15. The van der Waals surface area contributed by atoms with E-state index in [1.54, 1.807) is 31.2 Å². The first-order valence-corrected chi connectivity index (χ1v) is 13.4. The number of aliphatic carboxylic acids is 1. The molecule has 1 unspecified atom stereocenters. The Morgan fingerprint density at radius 2 is 1.50 bits per heavy atom. The van der Waals surface area contributed by atoms with Gasteiger partial charge in [-0.1, -0.05) is 79.7 Å². The second-order valence-electron chi connectivity index (χ2n) is 9.05. The number of alkyl carbamates (subject to hydrolysis) is 1. The monoisotopic (exact) mass is 509 g/mol. The van der Waals surface area contributed by atoms with E-state index in [0.717, 1.165) is 27.8 Å². The quantitative estimate of drug-likeness (QED) is 0.312. The summed E-state index contributed by atoms with van der Waals surface area (Å²) in [4.78, 5) is 42.7. The van der Waals surface area contributed by atoms with Gasteiger partial charge in [0, 0.05) is 12.3 Å². The maximum absolute atomic E-state index is 12.5. The molecule has 3 aromatic carbocycles. The minimum Gasteiger partial charge on any atom is -0.480 e. The number of ether oxygens (including phenoxy) is 1. The summed E-state index contributed by atoms with van der Waals surface area (Å²) in [6, 6.07) is 21.5. The number of hydrogen-bond acceptors (Lipinski definition) is 4. The van der Waals surface area contributed by atoms with Gasteiger partial charge in [-0.2, -0.15) is 0 Å². The molecule has 0 fully saturated rings. The van der Waals surface area contributed by atoms with Crippen LogP contribution < -0.4 is 5.32 Å². The first kappa shape index (κ1) is 25.6. The molecule has 0 saturated carbocycles. The van der Waals surface area contributed by atoms with Crippen LogP contribution in [-0.2, 0) is 20.5 Å². The minimum absolute atomic E-state index is 0.0344.